The molecule has 184 valence electrons. The molecular formula is C24H33F3N2O3S. The highest BCUT2D eigenvalue weighted by Gasteiger charge is 2.24. The molecule has 0 amide bonds. The molecular weight excluding hydrogens is 453 g/mol. The number of ether oxygens (including phenoxy) is 1. The van der Waals surface area contributed by atoms with E-state index in [1.165, 1.54) is 24.3 Å². The summed E-state index contributed by atoms with van der Waals surface area (Å²) in [4.78, 5) is 0. The third-order valence-corrected chi connectivity index (χ3v) is 5.06. The number of benzene rings is 2. The van der Waals surface area contributed by atoms with Gasteiger partial charge < -0.3 is 10.1 Å². The van der Waals surface area contributed by atoms with Gasteiger partial charge in [0.1, 0.15) is 29.5 Å². The first-order valence-corrected chi connectivity index (χ1v) is 12.2. The molecule has 2 N–H and O–H groups in total. The van der Waals surface area contributed by atoms with Gasteiger partial charge in [-0.15, -0.1) is 6.58 Å². The maximum Gasteiger partial charge on any atom is 0.233 e. The third-order valence-electron chi connectivity index (χ3n) is 3.77. The average Bonchev–Trinajstić information content (AvgIpc) is 2.80. The lowest BCUT2D eigenvalue weighted by Crippen LogP contribution is -2.19. The Bertz CT molecular complexity index is 1030. The molecule has 0 heterocycles. The number of sulfonamides is 1. The number of nitrogens with one attached hydrogen (secondary N) is 2. The summed E-state index contributed by atoms with van der Waals surface area (Å²) in [6, 6.07) is 4.80. The van der Waals surface area contributed by atoms with Gasteiger partial charge in [0.15, 0.2) is 11.6 Å². The Morgan fingerprint density at radius 3 is 2.15 bits per heavy atom. The number of aryl methyl sites for hydroxylation is 1. The van der Waals surface area contributed by atoms with E-state index in [0.29, 0.717) is 11.6 Å². The molecule has 0 saturated carbocycles. The van der Waals surface area contributed by atoms with Crippen molar-refractivity contribution in [3.05, 3.63) is 72.6 Å². The van der Waals surface area contributed by atoms with Crippen LogP contribution in [0.5, 0.6) is 5.75 Å². The molecule has 2 rings (SSSR count). The number of allylic oxidation sites excluding steroid dienone is 1. The Morgan fingerprint density at radius 2 is 1.61 bits per heavy atom. The first kappa shape index (κ1) is 30.1. The molecule has 0 fully saturated rings. The van der Waals surface area contributed by atoms with Gasteiger partial charge in [-0.3, -0.25) is 4.72 Å². The van der Waals surface area contributed by atoms with E-state index < -0.39 is 33.2 Å². The lowest BCUT2D eigenvalue weighted by atomic mass is 10.2. The molecule has 9 heteroatoms. The van der Waals surface area contributed by atoms with E-state index in [-0.39, 0.29) is 35.9 Å². The van der Waals surface area contributed by atoms with Crippen LogP contribution in [0.3, 0.4) is 0 Å². The fourth-order valence-electron chi connectivity index (χ4n) is 2.39. The molecule has 2 aromatic carbocycles. The van der Waals surface area contributed by atoms with Gasteiger partial charge in [-0.05, 0) is 31.0 Å². The van der Waals surface area contributed by atoms with Crippen LogP contribution in [-0.2, 0) is 10.0 Å². The van der Waals surface area contributed by atoms with Crippen molar-refractivity contribution in [2.75, 3.05) is 22.4 Å². The molecule has 33 heavy (non-hydrogen) atoms. The topological polar surface area (TPSA) is 67.4 Å². The second kappa shape index (κ2) is 15.0. The SMILES string of the molecule is C=CCCS(=O)(=O)Nc1c(OCC=C)cc(F)c(F)c1Nc1ccc(C)cc1F.CC.CC. The number of anilines is 3. The lowest BCUT2D eigenvalue weighted by molar-refractivity contribution is 0.361. The van der Waals surface area contributed by atoms with E-state index in [1.54, 1.807) is 13.0 Å². The second-order valence-electron chi connectivity index (χ2n) is 6.13. The molecule has 5 nitrogen and oxygen atoms in total. The number of rotatable bonds is 10. The van der Waals surface area contributed by atoms with Crippen LogP contribution in [0.4, 0.5) is 30.2 Å². The minimum atomic E-state index is -3.96. The predicted molar refractivity (Wildman–Crippen MR) is 131 cm³/mol. The van der Waals surface area contributed by atoms with Crippen LogP contribution in [0.2, 0.25) is 0 Å². The van der Waals surface area contributed by atoms with Gasteiger partial charge in [0, 0.05) is 6.07 Å². The van der Waals surface area contributed by atoms with Crippen molar-refractivity contribution in [1.82, 2.24) is 0 Å². The first-order chi connectivity index (χ1) is 15.7. The van der Waals surface area contributed by atoms with Crippen molar-refractivity contribution in [3.63, 3.8) is 0 Å². The number of halogens is 3. The van der Waals surface area contributed by atoms with Crippen LogP contribution in [0.15, 0.2) is 49.6 Å². The Kier molecular flexibility index (Phi) is 13.7. The van der Waals surface area contributed by atoms with E-state index in [2.05, 4.69) is 23.2 Å². The molecule has 0 atom stereocenters. The van der Waals surface area contributed by atoms with E-state index in [1.807, 2.05) is 27.7 Å². The zero-order valence-electron chi connectivity index (χ0n) is 19.8. The van der Waals surface area contributed by atoms with Crippen molar-refractivity contribution in [1.29, 1.82) is 0 Å². The van der Waals surface area contributed by atoms with E-state index >= 15 is 0 Å². The van der Waals surface area contributed by atoms with Gasteiger partial charge in [-0.2, -0.15) is 0 Å². The van der Waals surface area contributed by atoms with Crippen molar-refractivity contribution in [2.45, 2.75) is 41.0 Å². The lowest BCUT2D eigenvalue weighted by Gasteiger charge is -2.19. The zero-order valence-corrected chi connectivity index (χ0v) is 20.6. The molecule has 0 aliphatic heterocycles. The van der Waals surface area contributed by atoms with Crippen LogP contribution in [0.25, 0.3) is 0 Å². The highest BCUT2D eigenvalue weighted by Crippen LogP contribution is 2.40. The molecule has 0 spiro atoms. The molecule has 0 radical (unpaired) electrons. The van der Waals surface area contributed by atoms with Crippen molar-refractivity contribution in [3.8, 4) is 5.75 Å². The Hall–Kier alpha value is -2.94. The van der Waals surface area contributed by atoms with E-state index in [9.17, 15) is 21.6 Å². The summed E-state index contributed by atoms with van der Waals surface area (Å²) in [6.45, 7) is 16.5. The predicted octanol–water partition coefficient (Wildman–Crippen LogP) is 7.09. The maximum atomic E-state index is 14.6. The fourth-order valence-corrected chi connectivity index (χ4v) is 3.48. The molecule has 0 aromatic heterocycles. The van der Waals surface area contributed by atoms with Crippen molar-refractivity contribution >= 4 is 27.1 Å². The third kappa shape index (κ3) is 9.21. The largest absolute Gasteiger partial charge is 0.487 e. The van der Waals surface area contributed by atoms with Gasteiger partial charge in [0.25, 0.3) is 0 Å². The summed E-state index contributed by atoms with van der Waals surface area (Å²) in [7, 11) is -3.96. The second-order valence-corrected chi connectivity index (χ2v) is 7.97. The molecule has 2 aromatic rings. The summed E-state index contributed by atoms with van der Waals surface area (Å²) < 4.78 is 75.2. The Balaban J connectivity index is 0.00000242. The standard InChI is InChI=1S/C20H21F3N2O3S.2C2H6/c1-4-6-10-29(26,27)25-19-17(28-9-5-2)12-15(22)18(23)20(19)24-16-8-7-13(3)11-14(16)21;2*1-2/h4-5,7-8,11-12,24-25H,1-2,6,9-10H2,3H3;2*1-2H3. The Morgan fingerprint density at radius 1 is 0.970 bits per heavy atom. The minimum absolute atomic E-state index is 0.0925. The number of hydrogen-bond donors (Lipinski definition) is 2. The summed E-state index contributed by atoms with van der Waals surface area (Å²) in [5.74, 6) is -4.02. The fraction of sp³-hybridized carbons (Fsp3) is 0.333. The van der Waals surface area contributed by atoms with Crippen molar-refractivity contribution in [2.24, 2.45) is 0 Å². The molecule has 0 saturated heterocycles. The smallest absolute Gasteiger partial charge is 0.233 e. The Labute approximate surface area is 195 Å². The summed E-state index contributed by atoms with van der Waals surface area (Å²) in [6.07, 6.45) is 2.89. The quantitative estimate of drug-likeness (QED) is 0.352. The van der Waals surface area contributed by atoms with Crippen LogP contribution in [-0.4, -0.2) is 20.8 Å². The van der Waals surface area contributed by atoms with Gasteiger partial charge in [0.2, 0.25) is 10.0 Å². The average molecular weight is 487 g/mol. The van der Waals surface area contributed by atoms with Crippen LogP contribution in [0.1, 0.15) is 39.7 Å². The van der Waals surface area contributed by atoms with Gasteiger partial charge in [-0.25, -0.2) is 21.6 Å². The van der Waals surface area contributed by atoms with E-state index in [4.69, 9.17) is 4.74 Å². The monoisotopic (exact) mass is 486 g/mol. The molecule has 0 bridgehead atoms. The summed E-state index contributed by atoms with van der Waals surface area (Å²) >= 11 is 0. The van der Waals surface area contributed by atoms with E-state index in [0.717, 1.165) is 0 Å². The first-order valence-electron chi connectivity index (χ1n) is 10.6. The van der Waals surface area contributed by atoms with Crippen molar-refractivity contribution < 1.29 is 26.3 Å². The summed E-state index contributed by atoms with van der Waals surface area (Å²) in [5, 5.41) is 2.43. The minimum Gasteiger partial charge on any atom is -0.487 e. The normalized spacial score (nSPS) is 10.1. The maximum absolute atomic E-state index is 14.6. The number of hydrogen-bond acceptors (Lipinski definition) is 4. The van der Waals surface area contributed by atoms with Crippen LogP contribution in [0, 0.1) is 24.4 Å². The van der Waals surface area contributed by atoms with Gasteiger partial charge >= 0.3 is 0 Å². The van der Waals surface area contributed by atoms with Gasteiger partial charge in [0.05, 0.1) is 11.4 Å². The highest BCUT2D eigenvalue weighted by molar-refractivity contribution is 7.92. The molecule has 0 aliphatic carbocycles. The summed E-state index contributed by atoms with van der Waals surface area (Å²) in [5.41, 5.74) is -0.529. The molecule has 0 aliphatic rings. The zero-order chi connectivity index (χ0) is 25.6. The molecule has 0 unspecified atom stereocenters. The van der Waals surface area contributed by atoms with Crippen LogP contribution < -0.4 is 14.8 Å². The van der Waals surface area contributed by atoms with Crippen LogP contribution >= 0.6 is 0 Å². The van der Waals surface area contributed by atoms with Gasteiger partial charge in [-0.1, -0.05) is 52.5 Å². The highest BCUT2D eigenvalue weighted by atomic mass is 32.2.